The van der Waals surface area contributed by atoms with E-state index < -0.39 is 6.61 Å². The minimum Gasteiger partial charge on any atom is -0.493 e. The van der Waals surface area contributed by atoms with E-state index in [1.807, 2.05) is 6.92 Å². The Morgan fingerprint density at radius 3 is 2.58 bits per heavy atom. The van der Waals surface area contributed by atoms with Crippen molar-refractivity contribution in [2.45, 2.75) is 20.0 Å². The van der Waals surface area contributed by atoms with Crippen molar-refractivity contribution in [1.82, 2.24) is 9.97 Å². The van der Waals surface area contributed by atoms with E-state index in [0.29, 0.717) is 23.1 Å². The first kappa shape index (κ1) is 13.7. The lowest BCUT2D eigenvalue weighted by Crippen LogP contribution is -2.04. The number of alkyl halides is 2. The molecule has 0 N–H and O–H groups in total. The van der Waals surface area contributed by atoms with Crippen molar-refractivity contribution in [3.63, 3.8) is 0 Å². The summed E-state index contributed by atoms with van der Waals surface area (Å²) in [7, 11) is 1.36. The molecule has 7 heteroatoms. The number of fused-ring (bicyclic) bond motifs is 1. The van der Waals surface area contributed by atoms with Gasteiger partial charge in [0, 0.05) is 17.9 Å². The van der Waals surface area contributed by atoms with Crippen molar-refractivity contribution in [2.24, 2.45) is 0 Å². The van der Waals surface area contributed by atoms with E-state index in [1.165, 1.54) is 19.2 Å². The second-order valence-electron chi connectivity index (χ2n) is 3.68. The fourth-order valence-electron chi connectivity index (χ4n) is 1.65. The molecule has 1 aromatic heterocycles. The summed E-state index contributed by atoms with van der Waals surface area (Å²) in [5.74, 6) is 0.607. The van der Waals surface area contributed by atoms with Crippen LogP contribution >= 0.6 is 11.6 Å². The van der Waals surface area contributed by atoms with E-state index in [4.69, 9.17) is 16.3 Å². The van der Waals surface area contributed by atoms with E-state index in [2.05, 4.69) is 14.7 Å². The van der Waals surface area contributed by atoms with Crippen LogP contribution in [0.4, 0.5) is 8.78 Å². The van der Waals surface area contributed by atoms with Gasteiger partial charge in [-0.15, -0.1) is 0 Å². The highest BCUT2D eigenvalue weighted by molar-refractivity contribution is 6.34. The van der Waals surface area contributed by atoms with Crippen molar-refractivity contribution < 1.29 is 18.3 Å². The first-order chi connectivity index (χ1) is 9.05. The fourth-order valence-corrected chi connectivity index (χ4v) is 1.90. The number of hydrogen-bond acceptors (Lipinski definition) is 4. The second-order valence-corrected chi connectivity index (χ2v) is 4.04. The van der Waals surface area contributed by atoms with Gasteiger partial charge in [-0.25, -0.2) is 9.97 Å². The van der Waals surface area contributed by atoms with E-state index in [1.54, 1.807) is 0 Å². The SMILES string of the molecule is CCc1nc(Cl)c2cc(OC)c(OC(F)F)cc2n1. The van der Waals surface area contributed by atoms with Crippen LogP contribution in [0.15, 0.2) is 12.1 Å². The summed E-state index contributed by atoms with van der Waals surface area (Å²) in [6, 6.07) is 2.85. The van der Waals surface area contributed by atoms with Gasteiger partial charge in [0.25, 0.3) is 0 Å². The van der Waals surface area contributed by atoms with Crippen LogP contribution < -0.4 is 9.47 Å². The number of halogens is 3. The molecule has 0 atom stereocenters. The summed E-state index contributed by atoms with van der Waals surface area (Å²) in [5.41, 5.74) is 0.438. The van der Waals surface area contributed by atoms with Crippen LogP contribution in [-0.4, -0.2) is 23.7 Å². The van der Waals surface area contributed by atoms with Gasteiger partial charge in [-0.05, 0) is 6.07 Å². The number of aromatic nitrogens is 2. The summed E-state index contributed by atoms with van der Waals surface area (Å²) in [5, 5.41) is 0.779. The zero-order valence-corrected chi connectivity index (χ0v) is 11.0. The lowest BCUT2D eigenvalue weighted by Gasteiger charge is -2.11. The Hall–Kier alpha value is -1.69. The van der Waals surface area contributed by atoms with Crippen LogP contribution in [0.1, 0.15) is 12.7 Å². The molecular weight excluding hydrogens is 278 g/mol. The maximum atomic E-state index is 12.3. The maximum absolute atomic E-state index is 12.3. The number of rotatable bonds is 4. The number of benzene rings is 1. The quantitative estimate of drug-likeness (QED) is 0.808. The molecule has 0 saturated heterocycles. The monoisotopic (exact) mass is 288 g/mol. The van der Waals surface area contributed by atoms with Crippen LogP contribution in [0.25, 0.3) is 10.9 Å². The molecular formula is C12H11ClF2N2O2. The van der Waals surface area contributed by atoms with Gasteiger partial charge in [0.05, 0.1) is 12.6 Å². The Bertz CT molecular complexity index is 608. The molecule has 2 rings (SSSR count). The topological polar surface area (TPSA) is 44.2 Å². The van der Waals surface area contributed by atoms with Gasteiger partial charge in [-0.3, -0.25) is 0 Å². The molecule has 0 aliphatic heterocycles. The molecule has 1 aromatic carbocycles. The predicted molar refractivity (Wildman–Crippen MR) is 67.1 cm³/mol. The van der Waals surface area contributed by atoms with Crippen LogP contribution in [0.2, 0.25) is 5.15 Å². The summed E-state index contributed by atoms with van der Waals surface area (Å²) in [4.78, 5) is 8.32. The summed E-state index contributed by atoms with van der Waals surface area (Å²) < 4.78 is 34.0. The third-order valence-electron chi connectivity index (χ3n) is 2.51. The third kappa shape index (κ3) is 2.84. The van der Waals surface area contributed by atoms with E-state index in [0.717, 1.165) is 0 Å². The highest BCUT2D eigenvalue weighted by atomic mass is 35.5. The Morgan fingerprint density at radius 2 is 2.00 bits per heavy atom. The van der Waals surface area contributed by atoms with Gasteiger partial charge in [0.2, 0.25) is 0 Å². The molecule has 19 heavy (non-hydrogen) atoms. The molecule has 1 heterocycles. The molecule has 0 saturated carbocycles. The van der Waals surface area contributed by atoms with Gasteiger partial charge in [-0.1, -0.05) is 18.5 Å². The number of ether oxygens (including phenoxy) is 2. The minimum absolute atomic E-state index is 0.0816. The number of aryl methyl sites for hydroxylation is 1. The highest BCUT2D eigenvalue weighted by Gasteiger charge is 2.15. The molecule has 102 valence electrons. The Labute approximate surface area is 113 Å². The first-order valence-electron chi connectivity index (χ1n) is 5.54. The average Bonchev–Trinajstić information content (AvgIpc) is 2.37. The Morgan fingerprint density at radius 1 is 1.26 bits per heavy atom. The number of hydrogen-bond donors (Lipinski definition) is 0. The zero-order valence-electron chi connectivity index (χ0n) is 10.3. The molecule has 0 amide bonds. The normalized spacial score (nSPS) is 11.1. The molecule has 0 aliphatic rings. The molecule has 0 aliphatic carbocycles. The van der Waals surface area contributed by atoms with Gasteiger partial charge in [0.1, 0.15) is 11.0 Å². The van der Waals surface area contributed by atoms with Crippen LogP contribution in [0.5, 0.6) is 11.5 Å². The largest absolute Gasteiger partial charge is 0.493 e. The van der Waals surface area contributed by atoms with Crippen molar-refractivity contribution in [3.8, 4) is 11.5 Å². The molecule has 0 spiro atoms. The smallest absolute Gasteiger partial charge is 0.387 e. The lowest BCUT2D eigenvalue weighted by molar-refractivity contribution is -0.0511. The third-order valence-corrected chi connectivity index (χ3v) is 2.80. The fraction of sp³-hybridized carbons (Fsp3) is 0.333. The molecule has 0 fully saturated rings. The van der Waals surface area contributed by atoms with Crippen molar-refractivity contribution in [3.05, 3.63) is 23.1 Å². The van der Waals surface area contributed by atoms with E-state index in [9.17, 15) is 8.78 Å². The molecule has 0 bridgehead atoms. The second kappa shape index (κ2) is 5.52. The van der Waals surface area contributed by atoms with Crippen LogP contribution in [-0.2, 0) is 6.42 Å². The lowest BCUT2D eigenvalue weighted by atomic mass is 10.2. The van der Waals surface area contributed by atoms with Gasteiger partial charge in [-0.2, -0.15) is 8.78 Å². The van der Waals surface area contributed by atoms with Gasteiger partial charge in [0.15, 0.2) is 11.5 Å². The summed E-state index contributed by atoms with van der Waals surface area (Å²) in [6.45, 7) is -1.06. The molecule has 2 aromatic rings. The van der Waals surface area contributed by atoms with Gasteiger partial charge < -0.3 is 9.47 Å². The number of methoxy groups -OCH3 is 1. The van der Waals surface area contributed by atoms with Crippen LogP contribution in [0, 0.1) is 0 Å². The first-order valence-corrected chi connectivity index (χ1v) is 5.92. The molecule has 0 unspecified atom stereocenters. The Balaban J connectivity index is 2.63. The van der Waals surface area contributed by atoms with E-state index >= 15 is 0 Å². The van der Waals surface area contributed by atoms with Crippen LogP contribution in [0.3, 0.4) is 0 Å². The zero-order chi connectivity index (χ0) is 14.0. The molecule has 0 radical (unpaired) electrons. The van der Waals surface area contributed by atoms with Crippen molar-refractivity contribution >= 4 is 22.5 Å². The highest BCUT2D eigenvalue weighted by Crippen LogP contribution is 2.34. The van der Waals surface area contributed by atoms with Gasteiger partial charge >= 0.3 is 6.61 Å². The summed E-state index contributed by atoms with van der Waals surface area (Å²) in [6.07, 6.45) is 0.590. The minimum atomic E-state index is -2.94. The van der Waals surface area contributed by atoms with Crippen molar-refractivity contribution in [1.29, 1.82) is 0 Å². The maximum Gasteiger partial charge on any atom is 0.387 e. The van der Waals surface area contributed by atoms with Crippen molar-refractivity contribution in [2.75, 3.05) is 7.11 Å². The standard InChI is InChI=1S/C12H11ClF2N2O2/c1-3-10-16-7-5-9(19-12(14)15)8(18-2)4-6(7)11(13)17-10/h4-5,12H,3H2,1-2H3. The molecule has 4 nitrogen and oxygen atoms in total. The predicted octanol–water partition coefficient (Wildman–Crippen LogP) is 3.46. The Kier molecular flexibility index (Phi) is 3.99. The summed E-state index contributed by atoms with van der Waals surface area (Å²) >= 11 is 6.03. The average molecular weight is 289 g/mol. The number of nitrogens with zero attached hydrogens (tertiary/aromatic N) is 2. The van der Waals surface area contributed by atoms with E-state index in [-0.39, 0.29) is 16.7 Å².